The predicted molar refractivity (Wildman–Crippen MR) is 79.5 cm³/mol. The molecule has 0 fully saturated rings. The van der Waals surface area contributed by atoms with E-state index in [1.54, 1.807) is 7.11 Å². The van der Waals surface area contributed by atoms with Crippen molar-refractivity contribution in [1.82, 2.24) is 9.78 Å². The molecule has 0 unspecified atom stereocenters. The highest BCUT2D eigenvalue weighted by Gasteiger charge is 2.24. The van der Waals surface area contributed by atoms with Gasteiger partial charge >= 0.3 is 0 Å². The fourth-order valence-electron chi connectivity index (χ4n) is 2.19. The number of nitrogens with two attached hydrogens (primary N) is 1. The Morgan fingerprint density at radius 2 is 1.85 bits per heavy atom. The first-order valence-corrected chi connectivity index (χ1v) is 6.57. The van der Waals surface area contributed by atoms with E-state index in [0.29, 0.717) is 5.56 Å². The number of benzene rings is 1. The number of nitrogens with one attached hydrogen (secondary N) is 1. The lowest BCUT2D eigenvalue weighted by Crippen LogP contribution is -2.20. The van der Waals surface area contributed by atoms with Crippen LogP contribution in [0.2, 0.25) is 0 Å². The average Bonchev–Trinajstić information content (AvgIpc) is 2.76. The topological polar surface area (TPSA) is 73.0 Å². The molecule has 20 heavy (non-hydrogen) atoms. The number of rotatable bonds is 3. The lowest BCUT2D eigenvalue weighted by molar-refractivity contribution is 0.414. The van der Waals surface area contributed by atoms with E-state index in [4.69, 9.17) is 10.5 Å². The molecule has 1 heterocycles. The van der Waals surface area contributed by atoms with Gasteiger partial charge in [0.25, 0.3) is 5.56 Å². The third-order valence-electron chi connectivity index (χ3n) is 3.27. The molecule has 0 amide bonds. The van der Waals surface area contributed by atoms with Crippen molar-refractivity contribution in [3.8, 4) is 11.4 Å². The third kappa shape index (κ3) is 2.49. The highest BCUT2D eigenvalue weighted by molar-refractivity contribution is 5.38. The normalized spacial score (nSPS) is 11.7. The van der Waals surface area contributed by atoms with Gasteiger partial charge in [0.2, 0.25) is 0 Å². The van der Waals surface area contributed by atoms with Crippen LogP contribution in [0.4, 0.5) is 0 Å². The Morgan fingerprint density at radius 1 is 1.25 bits per heavy atom. The molecule has 0 atom stereocenters. The van der Waals surface area contributed by atoms with Crippen molar-refractivity contribution in [2.45, 2.75) is 32.7 Å². The molecule has 2 aromatic rings. The van der Waals surface area contributed by atoms with E-state index in [-0.39, 0.29) is 17.5 Å². The molecule has 0 aliphatic rings. The van der Waals surface area contributed by atoms with Gasteiger partial charge in [-0.3, -0.25) is 9.89 Å². The number of aromatic amines is 1. The summed E-state index contributed by atoms with van der Waals surface area (Å²) in [4.78, 5) is 12.4. The zero-order valence-corrected chi connectivity index (χ0v) is 12.4. The van der Waals surface area contributed by atoms with E-state index in [9.17, 15) is 4.79 Å². The summed E-state index contributed by atoms with van der Waals surface area (Å²) in [7, 11) is 1.61. The predicted octanol–water partition coefficient (Wildman–Crippen LogP) is 1.93. The summed E-state index contributed by atoms with van der Waals surface area (Å²) in [5, 5.41) is 3.18. The van der Waals surface area contributed by atoms with Crippen molar-refractivity contribution < 1.29 is 4.74 Å². The molecule has 0 spiro atoms. The van der Waals surface area contributed by atoms with E-state index in [0.717, 1.165) is 17.1 Å². The lowest BCUT2D eigenvalue weighted by atomic mass is 9.89. The fourth-order valence-corrected chi connectivity index (χ4v) is 2.19. The van der Waals surface area contributed by atoms with Crippen molar-refractivity contribution >= 4 is 0 Å². The van der Waals surface area contributed by atoms with Gasteiger partial charge in [0.1, 0.15) is 5.75 Å². The number of hydrogen-bond donors (Lipinski definition) is 2. The van der Waals surface area contributed by atoms with Crippen LogP contribution in [-0.4, -0.2) is 16.9 Å². The van der Waals surface area contributed by atoms with Crippen molar-refractivity contribution in [3.05, 3.63) is 45.9 Å². The number of methoxy groups -OCH3 is 1. The molecule has 108 valence electrons. The molecule has 0 saturated carbocycles. The summed E-state index contributed by atoms with van der Waals surface area (Å²) in [5.41, 5.74) is 7.75. The second kappa shape index (κ2) is 5.17. The Labute approximate surface area is 118 Å². The maximum atomic E-state index is 12.4. The fraction of sp³-hybridized carbons (Fsp3) is 0.400. The van der Waals surface area contributed by atoms with Crippen LogP contribution in [0.3, 0.4) is 0 Å². The average molecular weight is 275 g/mol. The molecule has 0 bridgehead atoms. The van der Waals surface area contributed by atoms with Crippen LogP contribution in [0.5, 0.6) is 5.75 Å². The summed E-state index contributed by atoms with van der Waals surface area (Å²) in [6, 6.07) is 7.32. The number of H-pyrrole nitrogens is 1. The molecule has 5 heteroatoms. The van der Waals surface area contributed by atoms with Crippen LogP contribution < -0.4 is 16.0 Å². The number of ether oxygens (including phenoxy) is 1. The third-order valence-corrected chi connectivity index (χ3v) is 3.27. The van der Waals surface area contributed by atoms with E-state index in [1.807, 2.05) is 24.3 Å². The molecule has 5 nitrogen and oxygen atoms in total. The minimum absolute atomic E-state index is 0.0948. The monoisotopic (exact) mass is 275 g/mol. The quantitative estimate of drug-likeness (QED) is 0.899. The molecule has 3 N–H and O–H groups in total. The summed E-state index contributed by atoms with van der Waals surface area (Å²) in [6.07, 6.45) is 0. The number of aromatic nitrogens is 2. The Kier molecular flexibility index (Phi) is 3.72. The van der Waals surface area contributed by atoms with Gasteiger partial charge in [-0.1, -0.05) is 20.8 Å². The zero-order valence-electron chi connectivity index (χ0n) is 12.4. The minimum atomic E-state index is -0.161. The van der Waals surface area contributed by atoms with Gasteiger partial charge in [0.05, 0.1) is 18.4 Å². The van der Waals surface area contributed by atoms with Crippen LogP contribution in [0.15, 0.2) is 29.1 Å². The summed E-state index contributed by atoms with van der Waals surface area (Å²) >= 11 is 0. The first-order chi connectivity index (χ1) is 9.38. The number of hydrogen-bond acceptors (Lipinski definition) is 3. The molecule has 0 aliphatic carbocycles. The standard InChI is InChI=1S/C15H21N3O2/c1-15(2,3)13-12(9-16)14(19)18(17-13)10-5-7-11(20-4)8-6-10/h5-8,17H,9,16H2,1-4H3. The van der Waals surface area contributed by atoms with Gasteiger partial charge in [-0.25, -0.2) is 4.68 Å². The first kappa shape index (κ1) is 14.4. The Hall–Kier alpha value is -2.01. The first-order valence-electron chi connectivity index (χ1n) is 6.57. The van der Waals surface area contributed by atoms with Gasteiger partial charge in [-0.05, 0) is 24.3 Å². The van der Waals surface area contributed by atoms with Gasteiger partial charge in [-0.15, -0.1) is 0 Å². The Bertz CT molecular complexity index is 645. The van der Waals surface area contributed by atoms with Crippen LogP contribution in [0, 0.1) is 0 Å². The summed E-state index contributed by atoms with van der Waals surface area (Å²) in [5.74, 6) is 0.753. The summed E-state index contributed by atoms with van der Waals surface area (Å²) < 4.78 is 6.65. The maximum Gasteiger partial charge on any atom is 0.275 e. The molecule has 2 rings (SSSR count). The highest BCUT2D eigenvalue weighted by atomic mass is 16.5. The highest BCUT2D eigenvalue weighted by Crippen LogP contribution is 2.23. The molecular formula is C15H21N3O2. The van der Waals surface area contributed by atoms with E-state index < -0.39 is 0 Å². The van der Waals surface area contributed by atoms with Crippen molar-refractivity contribution in [3.63, 3.8) is 0 Å². The van der Waals surface area contributed by atoms with Crippen molar-refractivity contribution in [2.75, 3.05) is 7.11 Å². The van der Waals surface area contributed by atoms with Crippen LogP contribution in [0.1, 0.15) is 32.0 Å². The van der Waals surface area contributed by atoms with Gasteiger partial charge < -0.3 is 10.5 Å². The van der Waals surface area contributed by atoms with Crippen LogP contribution in [-0.2, 0) is 12.0 Å². The van der Waals surface area contributed by atoms with Crippen LogP contribution >= 0.6 is 0 Å². The lowest BCUT2D eigenvalue weighted by Gasteiger charge is -2.17. The minimum Gasteiger partial charge on any atom is -0.497 e. The summed E-state index contributed by atoms with van der Waals surface area (Å²) in [6.45, 7) is 6.38. The smallest absolute Gasteiger partial charge is 0.275 e. The van der Waals surface area contributed by atoms with Gasteiger partial charge in [0, 0.05) is 17.7 Å². The van der Waals surface area contributed by atoms with Gasteiger partial charge in [0.15, 0.2) is 0 Å². The van der Waals surface area contributed by atoms with Crippen LogP contribution in [0.25, 0.3) is 5.69 Å². The van der Waals surface area contributed by atoms with E-state index >= 15 is 0 Å². The second-order valence-corrected chi connectivity index (χ2v) is 5.76. The second-order valence-electron chi connectivity index (χ2n) is 5.76. The maximum absolute atomic E-state index is 12.4. The SMILES string of the molecule is COc1ccc(-n2[nH]c(C(C)(C)C)c(CN)c2=O)cc1. The Balaban J connectivity index is 2.57. The van der Waals surface area contributed by atoms with Crippen molar-refractivity contribution in [1.29, 1.82) is 0 Å². The molecule has 1 aromatic heterocycles. The number of nitrogens with zero attached hydrogens (tertiary/aromatic N) is 1. The largest absolute Gasteiger partial charge is 0.497 e. The zero-order chi connectivity index (χ0) is 14.9. The molecule has 0 saturated heterocycles. The van der Waals surface area contributed by atoms with Gasteiger partial charge in [-0.2, -0.15) is 0 Å². The molecule has 1 aromatic carbocycles. The molecule has 0 aliphatic heterocycles. The van der Waals surface area contributed by atoms with E-state index in [2.05, 4.69) is 25.9 Å². The molecular weight excluding hydrogens is 254 g/mol. The molecule has 0 radical (unpaired) electrons. The van der Waals surface area contributed by atoms with Crippen molar-refractivity contribution in [2.24, 2.45) is 5.73 Å². The van der Waals surface area contributed by atoms with E-state index in [1.165, 1.54) is 4.68 Å². The Morgan fingerprint density at radius 3 is 2.25 bits per heavy atom.